The van der Waals surface area contributed by atoms with E-state index in [1.807, 2.05) is 29.1 Å². The molecule has 4 aromatic rings. The van der Waals surface area contributed by atoms with Gasteiger partial charge in [0.1, 0.15) is 0 Å². The summed E-state index contributed by atoms with van der Waals surface area (Å²) in [4.78, 5) is 0. The molecule has 0 saturated carbocycles. The summed E-state index contributed by atoms with van der Waals surface area (Å²) in [6, 6.07) is 21.8. The second-order valence-electron chi connectivity index (χ2n) is 6.22. The van der Waals surface area contributed by atoms with Crippen LogP contribution in [0.2, 0.25) is 10.0 Å². The molecule has 2 N–H and O–H groups in total. The van der Waals surface area contributed by atoms with E-state index in [4.69, 9.17) is 35.4 Å². The maximum atomic E-state index is 6.18. The van der Waals surface area contributed by atoms with Crippen molar-refractivity contribution in [1.82, 2.24) is 9.78 Å². The molecule has 140 valence electrons. The Morgan fingerprint density at radius 2 is 1.71 bits per heavy atom. The fourth-order valence-corrected chi connectivity index (χ4v) is 3.55. The summed E-state index contributed by atoms with van der Waals surface area (Å²) in [5, 5.41) is 14.4. The predicted molar refractivity (Wildman–Crippen MR) is 122 cm³/mol. The third kappa shape index (κ3) is 4.12. The highest BCUT2D eigenvalue weighted by Gasteiger charge is 2.08. The number of halogens is 2. The topological polar surface area (TPSA) is 41.9 Å². The molecule has 0 unspecified atom stereocenters. The molecule has 28 heavy (non-hydrogen) atoms. The van der Waals surface area contributed by atoms with Crippen LogP contribution in [-0.2, 0) is 6.54 Å². The monoisotopic (exact) mass is 426 g/mol. The highest BCUT2D eigenvalue weighted by atomic mass is 35.5. The van der Waals surface area contributed by atoms with E-state index in [-0.39, 0.29) is 0 Å². The Labute approximate surface area is 178 Å². The molecule has 0 atom stereocenters. The molecule has 1 aromatic heterocycles. The van der Waals surface area contributed by atoms with Crippen LogP contribution < -0.4 is 10.6 Å². The van der Waals surface area contributed by atoms with Crippen molar-refractivity contribution in [2.75, 3.05) is 10.6 Å². The van der Waals surface area contributed by atoms with E-state index in [0.29, 0.717) is 33.2 Å². The SMILES string of the molecule is S=C(Nc1ccn(Cc2cccc3ccccc23)n1)Nc1cccc(Cl)c1Cl. The lowest BCUT2D eigenvalue weighted by Gasteiger charge is -2.11. The lowest BCUT2D eigenvalue weighted by molar-refractivity contribution is 0.693. The molecule has 0 aliphatic heterocycles. The number of nitrogens with one attached hydrogen (secondary N) is 2. The van der Waals surface area contributed by atoms with Gasteiger partial charge in [-0.2, -0.15) is 5.10 Å². The van der Waals surface area contributed by atoms with Crippen LogP contribution in [0.1, 0.15) is 5.56 Å². The van der Waals surface area contributed by atoms with Crippen molar-refractivity contribution in [2.24, 2.45) is 0 Å². The van der Waals surface area contributed by atoms with Crippen LogP contribution in [0.15, 0.2) is 72.9 Å². The molecular formula is C21H16Cl2N4S. The number of fused-ring (bicyclic) bond motifs is 1. The van der Waals surface area contributed by atoms with Crippen LogP contribution in [0.4, 0.5) is 11.5 Å². The third-order valence-electron chi connectivity index (χ3n) is 4.29. The molecular weight excluding hydrogens is 411 g/mol. The van der Waals surface area contributed by atoms with Crippen LogP contribution in [0, 0.1) is 0 Å². The van der Waals surface area contributed by atoms with Crippen molar-refractivity contribution < 1.29 is 0 Å². The molecule has 4 rings (SSSR count). The van der Waals surface area contributed by atoms with Gasteiger partial charge in [-0.15, -0.1) is 0 Å². The summed E-state index contributed by atoms with van der Waals surface area (Å²) < 4.78 is 1.87. The maximum Gasteiger partial charge on any atom is 0.176 e. The number of aromatic nitrogens is 2. The van der Waals surface area contributed by atoms with Crippen molar-refractivity contribution in [3.05, 3.63) is 88.5 Å². The molecule has 3 aromatic carbocycles. The van der Waals surface area contributed by atoms with Gasteiger partial charge in [-0.3, -0.25) is 4.68 Å². The molecule has 4 nitrogen and oxygen atoms in total. The van der Waals surface area contributed by atoms with Crippen molar-refractivity contribution in [1.29, 1.82) is 0 Å². The standard InChI is InChI=1S/C21H16Cl2N4S/c22-17-9-4-10-18(20(17)23)24-21(28)25-19-11-12-27(26-19)13-15-7-3-6-14-5-1-2-8-16(14)15/h1-12H,13H2,(H2,24,25,26,28). The number of benzene rings is 3. The van der Waals surface area contributed by atoms with Crippen LogP contribution in [0.3, 0.4) is 0 Å². The van der Waals surface area contributed by atoms with Crippen LogP contribution in [0.25, 0.3) is 10.8 Å². The summed E-state index contributed by atoms with van der Waals surface area (Å²) in [7, 11) is 0. The average Bonchev–Trinajstić information content (AvgIpc) is 3.12. The van der Waals surface area contributed by atoms with Crippen LogP contribution in [0.5, 0.6) is 0 Å². The van der Waals surface area contributed by atoms with Gasteiger partial charge in [0.05, 0.1) is 22.3 Å². The molecule has 0 amide bonds. The number of hydrogen-bond acceptors (Lipinski definition) is 2. The second-order valence-corrected chi connectivity index (χ2v) is 7.41. The van der Waals surface area contributed by atoms with E-state index >= 15 is 0 Å². The van der Waals surface area contributed by atoms with Gasteiger partial charge < -0.3 is 10.6 Å². The number of hydrogen-bond donors (Lipinski definition) is 2. The van der Waals surface area contributed by atoms with Crippen molar-refractivity contribution in [2.45, 2.75) is 6.54 Å². The van der Waals surface area contributed by atoms with Gasteiger partial charge in [0.15, 0.2) is 10.9 Å². The third-order valence-corrected chi connectivity index (χ3v) is 5.32. The second kappa shape index (κ2) is 8.19. The van der Waals surface area contributed by atoms with Crippen LogP contribution in [-0.4, -0.2) is 14.9 Å². The molecule has 0 bridgehead atoms. The smallest absolute Gasteiger partial charge is 0.176 e. The summed E-state index contributed by atoms with van der Waals surface area (Å²) in [6.45, 7) is 0.670. The zero-order chi connectivity index (χ0) is 19.5. The first-order valence-corrected chi connectivity index (χ1v) is 9.79. The van der Waals surface area contributed by atoms with E-state index < -0.39 is 0 Å². The minimum absolute atomic E-state index is 0.388. The van der Waals surface area contributed by atoms with Crippen molar-refractivity contribution >= 4 is 62.8 Å². The Morgan fingerprint density at radius 1 is 0.929 bits per heavy atom. The number of rotatable bonds is 4. The predicted octanol–water partition coefficient (Wildman–Crippen LogP) is 6.20. The molecule has 0 radical (unpaired) electrons. The summed E-state index contributed by atoms with van der Waals surface area (Å²) >= 11 is 17.6. The maximum absolute atomic E-state index is 6.18. The molecule has 0 saturated heterocycles. The minimum Gasteiger partial charge on any atom is -0.331 e. The Hall–Kier alpha value is -2.60. The van der Waals surface area contributed by atoms with Gasteiger partial charge in [-0.05, 0) is 40.7 Å². The molecule has 7 heteroatoms. The lowest BCUT2D eigenvalue weighted by Crippen LogP contribution is -2.19. The zero-order valence-electron chi connectivity index (χ0n) is 14.7. The van der Waals surface area contributed by atoms with E-state index in [2.05, 4.69) is 46.1 Å². The van der Waals surface area contributed by atoms with Gasteiger partial charge in [-0.25, -0.2) is 0 Å². The largest absolute Gasteiger partial charge is 0.331 e. The summed E-state index contributed by atoms with van der Waals surface area (Å²) in [6.07, 6.45) is 1.92. The first kappa shape index (κ1) is 18.7. The van der Waals surface area contributed by atoms with E-state index in [1.165, 1.54) is 16.3 Å². The highest BCUT2D eigenvalue weighted by molar-refractivity contribution is 7.80. The summed E-state index contributed by atoms with van der Waals surface area (Å²) in [5.41, 5.74) is 1.85. The van der Waals surface area contributed by atoms with Crippen LogP contribution >= 0.6 is 35.4 Å². The van der Waals surface area contributed by atoms with Gasteiger partial charge in [0, 0.05) is 12.3 Å². The molecule has 1 heterocycles. The van der Waals surface area contributed by atoms with Gasteiger partial charge in [0.2, 0.25) is 0 Å². The highest BCUT2D eigenvalue weighted by Crippen LogP contribution is 2.29. The van der Waals surface area contributed by atoms with E-state index in [0.717, 1.165) is 0 Å². The Balaban J connectivity index is 1.45. The fraction of sp³-hybridized carbons (Fsp3) is 0.0476. The molecule has 0 aliphatic rings. The quantitative estimate of drug-likeness (QED) is 0.381. The number of thiocarbonyl (C=S) groups is 1. The normalized spacial score (nSPS) is 10.8. The molecule has 0 aliphatic carbocycles. The molecule has 0 fully saturated rings. The zero-order valence-corrected chi connectivity index (χ0v) is 17.0. The Bertz CT molecular complexity index is 1150. The van der Waals surface area contributed by atoms with Gasteiger partial charge in [0.25, 0.3) is 0 Å². The Kier molecular flexibility index (Phi) is 5.48. The van der Waals surface area contributed by atoms with Gasteiger partial charge in [-0.1, -0.05) is 71.7 Å². The minimum atomic E-state index is 0.388. The van der Waals surface area contributed by atoms with Crippen molar-refractivity contribution in [3.63, 3.8) is 0 Å². The first-order chi connectivity index (χ1) is 13.6. The fourth-order valence-electron chi connectivity index (χ4n) is 2.99. The van der Waals surface area contributed by atoms with Crippen molar-refractivity contribution in [3.8, 4) is 0 Å². The number of anilines is 2. The molecule has 0 spiro atoms. The Morgan fingerprint density at radius 3 is 2.61 bits per heavy atom. The van der Waals surface area contributed by atoms with Gasteiger partial charge >= 0.3 is 0 Å². The lowest BCUT2D eigenvalue weighted by atomic mass is 10.0. The average molecular weight is 427 g/mol. The van der Waals surface area contributed by atoms with E-state index in [9.17, 15) is 0 Å². The van der Waals surface area contributed by atoms with E-state index in [1.54, 1.807) is 18.2 Å². The summed E-state index contributed by atoms with van der Waals surface area (Å²) in [5.74, 6) is 0.649. The number of nitrogens with zero attached hydrogens (tertiary/aromatic N) is 2. The first-order valence-electron chi connectivity index (χ1n) is 8.62.